The minimum absolute atomic E-state index is 0.0799. The number of hydrogen-bond donors (Lipinski definition) is 0. The molecule has 2 nitrogen and oxygen atoms in total. The van der Waals surface area contributed by atoms with E-state index >= 15 is 0 Å². The Hall–Kier alpha value is -2.23. The molecule has 104 valence electrons. The molecule has 2 aromatic carbocycles. The molecule has 2 aromatic rings. The number of rotatable bonds is 5. The molecule has 0 radical (unpaired) electrons. The van der Waals surface area contributed by atoms with Gasteiger partial charge >= 0.3 is 0 Å². The zero-order chi connectivity index (χ0) is 14.5. The maximum atomic E-state index is 13.6. The second-order valence-corrected chi connectivity index (χ2v) is 4.42. The van der Waals surface area contributed by atoms with Crippen LogP contribution >= 0.6 is 0 Å². The smallest absolute Gasteiger partial charge is 0.167 e. The highest BCUT2D eigenvalue weighted by Gasteiger charge is 2.09. The summed E-state index contributed by atoms with van der Waals surface area (Å²) in [5, 5.41) is 0. The topological polar surface area (TPSA) is 26.3 Å². The van der Waals surface area contributed by atoms with E-state index in [1.807, 2.05) is 0 Å². The first-order valence-corrected chi connectivity index (χ1v) is 6.24. The van der Waals surface area contributed by atoms with Crippen molar-refractivity contribution in [2.75, 3.05) is 6.61 Å². The third-order valence-electron chi connectivity index (χ3n) is 2.91. The standard InChI is InChI=1S/C16H14F2O2/c1-11-3-2-4-15(16(11)18)20-10-9-14(19)12-5-7-13(17)8-6-12/h2-8H,9-10H2,1H3. The van der Waals surface area contributed by atoms with Crippen LogP contribution in [-0.2, 0) is 0 Å². The van der Waals surface area contributed by atoms with Gasteiger partial charge in [-0.3, -0.25) is 4.79 Å². The molecule has 0 saturated heterocycles. The Kier molecular flexibility index (Phi) is 4.45. The number of ketones is 1. The molecule has 0 amide bonds. The van der Waals surface area contributed by atoms with Crippen LogP contribution < -0.4 is 4.74 Å². The molecular weight excluding hydrogens is 262 g/mol. The lowest BCUT2D eigenvalue weighted by molar-refractivity contribution is 0.0961. The largest absolute Gasteiger partial charge is 0.490 e. The van der Waals surface area contributed by atoms with Crippen LogP contribution in [0.5, 0.6) is 5.75 Å². The van der Waals surface area contributed by atoms with Crippen molar-refractivity contribution in [1.82, 2.24) is 0 Å². The molecule has 4 heteroatoms. The Morgan fingerprint density at radius 3 is 2.50 bits per heavy atom. The van der Waals surface area contributed by atoms with Crippen LogP contribution in [-0.4, -0.2) is 12.4 Å². The summed E-state index contributed by atoms with van der Waals surface area (Å²) in [5.74, 6) is -0.837. The van der Waals surface area contributed by atoms with Gasteiger partial charge in [-0.2, -0.15) is 0 Å². The van der Waals surface area contributed by atoms with Crippen LogP contribution in [0.3, 0.4) is 0 Å². The van der Waals surface area contributed by atoms with Gasteiger partial charge in [-0.05, 0) is 42.8 Å². The van der Waals surface area contributed by atoms with Crippen LogP contribution in [0.2, 0.25) is 0 Å². The highest BCUT2D eigenvalue weighted by Crippen LogP contribution is 2.19. The summed E-state index contributed by atoms with van der Waals surface area (Å²) in [6, 6.07) is 10.2. The molecule has 0 aliphatic carbocycles. The van der Waals surface area contributed by atoms with Gasteiger partial charge in [-0.25, -0.2) is 8.78 Å². The second kappa shape index (κ2) is 6.28. The Morgan fingerprint density at radius 2 is 1.80 bits per heavy atom. The summed E-state index contributed by atoms with van der Waals surface area (Å²) in [4.78, 5) is 11.8. The molecule has 0 N–H and O–H groups in total. The van der Waals surface area contributed by atoms with Crippen molar-refractivity contribution in [3.05, 3.63) is 65.2 Å². The fourth-order valence-corrected chi connectivity index (χ4v) is 1.77. The van der Waals surface area contributed by atoms with Gasteiger partial charge in [0.25, 0.3) is 0 Å². The van der Waals surface area contributed by atoms with E-state index < -0.39 is 5.82 Å². The van der Waals surface area contributed by atoms with E-state index in [2.05, 4.69) is 0 Å². The fourth-order valence-electron chi connectivity index (χ4n) is 1.77. The predicted molar refractivity (Wildman–Crippen MR) is 72.0 cm³/mol. The molecule has 0 aliphatic heterocycles. The van der Waals surface area contributed by atoms with Gasteiger partial charge in [-0.15, -0.1) is 0 Å². The minimum Gasteiger partial charge on any atom is -0.490 e. The first-order chi connectivity index (χ1) is 9.58. The number of benzene rings is 2. The maximum absolute atomic E-state index is 13.6. The maximum Gasteiger partial charge on any atom is 0.167 e. The molecule has 0 spiro atoms. The van der Waals surface area contributed by atoms with Gasteiger partial charge in [0, 0.05) is 12.0 Å². The molecule has 0 heterocycles. The first-order valence-electron chi connectivity index (χ1n) is 6.24. The minimum atomic E-state index is -0.415. The first kappa shape index (κ1) is 14.2. The van der Waals surface area contributed by atoms with Crippen molar-refractivity contribution in [2.24, 2.45) is 0 Å². The number of aryl methyl sites for hydroxylation is 1. The van der Waals surface area contributed by atoms with Crippen LogP contribution in [0.15, 0.2) is 42.5 Å². The van der Waals surface area contributed by atoms with Crippen molar-refractivity contribution in [1.29, 1.82) is 0 Å². The number of hydrogen-bond acceptors (Lipinski definition) is 2. The third-order valence-corrected chi connectivity index (χ3v) is 2.91. The normalized spacial score (nSPS) is 10.3. The summed E-state index contributed by atoms with van der Waals surface area (Å²) in [6.45, 7) is 1.72. The van der Waals surface area contributed by atoms with Crippen molar-refractivity contribution < 1.29 is 18.3 Å². The molecule has 0 atom stereocenters. The number of Topliss-reactive ketones (excluding diaryl/α,β-unsaturated/α-hetero) is 1. The van der Waals surface area contributed by atoms with E-state index in [1.165, 1.54) is 30.3 Å². The molecule has 2 rings (SSSR count). The van der Waals surface area contributed by atoms with Crippen molar-refractivity contribution in [3.63, 3.8) is 0 Å². The Balaban J connectivity index is 1.91. The second-order valence-electron chi connectivity index (χ2n) is 4.42. The monoisotopic (exact) mass is 276 g/mol. The molecular formula is C16H14F2O2. The van der Waals surface area contributed by atoms with E-state index in [0.29, 0.717) is 11.1 Å². The lowest BCUT2D eigenvalue weighted by Gasteiger charge is -2.08. The summed E-state index contributed by atoms with van der Waals surface area (Å²) in [6.07, 6.45) is 0.110. The number of carbonyl (C=O) groups excluding carboxylic acids is 1. The Labute approximate surface area is 116 Å². The SMILES string of the molecule is Cc1cccc(OCCC(=O)c2ccc(F)cc2)c1F. The molecule has 0 aromatic heterocycles. The van der Waals surface area contributed by atoms with Gasteiger partial charge in [0.15, 0.2) is 17.3 Å². The van der Waals surface area contributed by atoms with E-state index in [1.54, 1.807) is 19.1 Å². The highest BCUT2D eigenvalue weighted by molar-refractivity contribution is 5.96. The highest BCUT2D eigenvalue weighted by atomic mass is 19.1. The summed E-state index contributed by atoms with van der Waals surface area (Å²) in [7, 11) is 0. The molecule has 0 bridgehead atoms. The molecule has 20 heavy (non-hydrogen) atoms. The summed E-state index contributed by atoms with van der Waals surface area (Å²) in [5.41, 5.74) is 0.909. The number of halogens is 2. The van der Waals surface area contributed by atoms with E-state index in [-0.39, 0.29) is 30.4 Å². The number of carbonyl (C=O) groups is 1. The van der Waals surface area contributed by atoms with Gasteiger partial charge in [0.1, 0.15) is 5.82 Å². The van der Waals surface area contributed by atoms with Crippen molar-refractivity contribution in [2.45, 2.75) is 13.3 Å². The lowest BCUT2D eigenvalue weighted by Crippen LogP contribution is -2.07. The van der Waals surface area contributed by atoms with Gasteiger partial charge in [0.05, 0.1) is 6.61 Å². The zero-order valence-electron chi connectivity index (χ0n) is 11.0. The average Bonchev–Trinajstić information content (AvgIpc) is 2.44. The van der Waals surface area contributed by atoms with E-state index in [0.717, 1.165) is 0 Å². The van der Waals surface area contributed by atoms with E-state index in [9.17, 15) is 13.6 Å². The fraction of sp³-hybridized carbons (Fsp3) is 0.188. The lowest BCUT2D eigenvalue weighted by atomic mass is 10.1. The van der Waals surface area contributed by atoms with Crippen molar-refractivity contribution >= 4 is 5.78 Å². The Bertz CT molecular complexity index is 606. The van der Waals surface area contributed by atoms with Gasteiger partial charge < -0.3 is 4.74 Å². The molecule has 0 unspecified atom stereocenters. The van der Waals surface area contributed by atoms with E-state index in [4.69, 9.17) is 4.74 Å². The summed E-state index contributed by atoms with van der Waals surface area (Å²) < 4.78 is 31.6. The van der Waals surface area contributed by atoms with Crippen LogP contribution in [0.4, 0.5) is 8.78 Å². The molecule has 0 fully saturated rings. The number of ether oxygens (including phenoxy) is 1. The molecule has 0 saturated carbocycles. The van der Waals surface area contributed by atoms with Gasteiger partial charge in [0.2, 0.25) is 0 Å². The van der Waals surface area contributed by atoms with Crippen LogP contribution in [0.1, 0.15) is 22.3 Å². The average molecular weight is 276 g/mol. The Morgan fingerprint density at radius 1 is 1.10 bits per heavy atom. The molecule has 0 aliphatic rings. The summed E-state index contributed by atoms with van der Waals surface area (Å²) >= 11 is 0. The van der Waals surface area contributed by atoms with Crippen LogP contribution in [0.25, 0.3) is 0 Å². The third kappa shape index (κ3) is 3.41. The zero-order valence-corrected chi connectivity index (χ0v) is 11.0. The van der Waals surface area contributed by atoms with Crippen LogP contribution in [0, 0.1) is 18.6 Å². The van der Waals surface area contributed by atoms with Gasteiger partial charge in [-0.1, -0.05) is 12.1 Å². The predicted octanol–water partition coefficient (Wildman–Crippen LogP) is 3.93. The quantitative estimate of drug-likeness (QED) is 0.773. The van der Waals surface area contributed by atoms with Crippen molar-refractivity contribution in [3.8, 4) is 5.75 Å².